The van der Waals surface area contributed by atoms with Gasteiger partial charge in [-0.15, -0.1) is 0 Å². The van der Waals surface area contributed by atoms with Gasteiger partial charge in [0.1, 0.15) is 0 Å². The Balaban J connectivity index is 1.22. The van der Waals surface area contributed by atoms with E-state index in [0.717, 1.165) is 31.2 Å². The fourth-order valence-corrected chi connectivity index (χ4v) is 6.34. The fraction of sp³-hybridized carbons (Fsp3) is 0.400. The number of carbonyl (C=O) groups excluding carboxylic acids is 3. The third-order valence-corrected chi connectivity index (χ3v) is 8.80. The van der Waals surface area contributed by atoms with Crippen LogP contribution >= 0.6 is 0 Å². The quantitative estimate of drug-likeness (QED) is 0.696. The number of hydrazine groups is 1. The lowest BCUT2D eigenvalue weighted by Gasteiger charge is -2.34. The lowest BCUT2D eigenvalue weighted by atomic mass is 9.92. The van der Waals surface area contributed by atoms with Crippen LogP contribution in [0.25, 0.3) is 0 Å². The second-order valence-electron chi connectivity index (χ2n) is 9.14. The molecule has 2 saturated heterocycles. The van der Waals surface area contributed by atoms with Gasteiger partial charge in [-0.2, -0.15) is 4.31 Å². The average molecular weight is 497 g/mol. The summed E-state index contributed by atoms with van der Waals surface area (Å²) in [5, 5.41) is 1.20. The van der Waals surface area contributed by atoms with Gasteiger partial charge in [-0.05, 0) is 73.2 Å². The number of carbonyl (C=O) groups is 3. The van der Waals surface area contributed by atoms with E-state index in [0.29, 0.717) is 29.2 Å². The van der Waals surface area contributed by atoms with Crippen molar-refractivity contribution in [3.8, 4) is 0 Å². The molecule has 3 amide bonds. The summed E-state index contributed by atoms with van der Waals surface area (Å²) in [7, 11) is -3.61. The van der Waals surface area contributed by atoms with Gasteiger partial charge >= 0.3 is 0 Å². The van der Waals surface area contributed by atoms with Gasteiger partial charge in [0.05, 0.1) is 10.6 Å². The highest BCUT2D eigenvalue weighted by Crippen LogP contribution is 2.26. The zero-order valence-corrected chi connectivity index (χ0v) is 20.2. The molecule has 2 aromatic carbocycles. The molecule has 3 aliphatic rings. The number of nitrogens with zero attached hydrogens (tertiary/aromatic N) is 3. The first-order chi connectivity index (χ1) is 16.8. The minimum Gasteiger partial charge on any atom is -0.336 e. The first-order valence-corrected chi connectivity index (χ1v) is 13.4. The minimum atomic E-state index is -3.61. The number of piperazine rings is 1. The normalized spacial score (nSPS) is 19.3. The summed E-state index contributed by atoms with van der Waals surface area (Å²) >= 11 is 0. The van der Waals surface area contributed by atoms with E-state index in [1.165, 1.54) is 14.9 Å². The molecular formula is C25H28N4O5S. The zero-order valence-electron chi connectivity index (χ0n) is 19.4. The number of aryl methyl sites for hydroxylation is 2. The number of hydrogen-bond acceptors (Lipinski definition) is 5. The number of sulfonamides is 1. The van der Waals surface area contributed by atoms with Crippen LogP contribution in [-0.4, -0.2) is 61.5 Å². The molecule has 1 aliphatic carbocycles. The van der Waals surface area contributed by atoms with Crippen LogP contribution in [0.4, 0.5) is 5.69 Å². The van der Waals surface area contributed by atoms with Crippen LogP contribution in [0.5, 0.6) is 0 Å². The molecular weight excluding hydrogens is 468 g/mol. The summed E-state index contributed by atoms with van der Waals surface area (Å²) in [6, 6.07) is 11.9. The van der Waals surface area contributed by atoms with Gasteiger partial charge in [-0.3, -0.25) is 19.8 Å². The molecule has 5 rings (SSSR count). The number of anilines is 1. The Bertz CT molecular complexity index is 1270. The number of benzene rings is 2. The van der Waals surface area contributed by atoms with Crippen LogP contribution in [0.15, 0.2) is 47.4 Å². The molecule has 1 N–H and O–H groups in total. The third-order valence-electron chi connectivity index (χ3n) is 6.91. The van der Waals surface area contributed by atoms with Gasteiger partial charge in [-0.1, -0.05) is 6.07 Å². The molecule has 2 aliphatic heterocycles. The Hall–Kier alpha value is -3.24. The predicted molar refractivity (Wildman–Crippen MR) is 129 cm³/mol. The van der Waals surface area contributed by atoms with Crippen LogP contribution in [0.1, 0.15) is 47.2 Å². The van der Waals surface area contributed by atoms with Gasteiger partial charge in [-0.25, -0.2) is 13.4 Å². The first kappa shape index (κ1) is 23.5. The molecule has 2 heterocycles. The van der Waals surface area contributed by atoms with E-state index < -0.39 is 10.0 Å². The maximum absolute atomic E-state index is 13.2. The molecule has 2 aromatic rings. The van der Waals surface area contributed by atoms with Crippen LogP contribution in [0.3, 0.4) is 0 Å². The number of fused-ring (bicyclic) bond motifs is 1. The van der Waals surface area contributed by atoms with E-state index in [9.17, 15) is 22.8 Å². The minimum absolute atomic E-state index is 0.144. The summed E-state index contributed by atoms with van der Waals surface area (Å²) < 4.78 is 27.9. The molecule has 0 saturated carbocycles. The van der Waals surface area contributed by atoms with Gasteiger partial charge in [0.15, 0.2) is 0 Å². The lowest BCUT2D eigenvalue weighted by molar-refractivity contribution is -0.130. The van der Waals surface area contributed by atoms with Crippen molar-refractivity contribution in [1.82, 2.24) is 14.6 Å². The van der Waals surface area contributed by atoms with Crippen molar-refractivity contribution in [2.45, 2.75) is 43.4 Å². The molecule has 10 heteroatoms. The highest BCUT2D eigenvalue weighted by molar-refractivity contribution is 7.89. The standard InChI is InChI=1S/C25H28N4O5S/c30-23-11-12-24(31)29(26-23)21-8-5-19(6-9-21)25(32)27-13-15-28(16-14-27)35(33,34)22-10-7-18-3-1-2-4-20(18)17-22/h5-10,17H,1-4,11-16H2,(H,26,30). The number of hydrogen-bond donors (Lipinski definition) is 1. The third kappa shape index (κ3) is 4.68. The molecule has 0 spiro atoms. The molecule has 184 valence electrons. The molecule has 0 radical (unpaired) electrons. The molecule has 0 aromatic heterocycles. The monoisotopic (exact) mass is 496 g/mol. The molecule has 0 bridgehead atoms. The molecule has 2 fully saturated rings. The van der Waals surface area contributed by atoms with E-state index in [1.54, 1.807) is 35.2 Å². The number of nitrogens with one attached hydrogen (secondary N) is 1. The van der Waals surface area contributed by atoms with Crippen molar-refractivity contribution >= 4 is 33.4 Å². The zero-order chi connectivity index (χ0) is 24.6. The van der Waals surface area contributed by atoms with Crippen molar-refractivity contribution in [2.75, 3.05) is 31.2 Å². The topological polar surface area (TPSA) is 107 Å². The summed E-state index contributed by atoms with van der Waals surface area (Å²) in [4.78, 5) is 38.7. The number of amides is 3. The van der Waals surface area contributed by atoms with Crippen molar-refractivity contribution in [3.05, 3.63) is 59.2 Å². The lowest BCUT2D eigenvalue weighted by Crippen LogP contribution is -2.51. The fourth-order valence-electron chi connectivity index (χ4n) is 4.87. The summed E-state index contributed by atoms with van der Waals surface area (Å²) in [5.74, 6) is -0.635. The van der Waals surface area contributed by atoms with Gasteiger partial charge < -0.3 is 4.90 Å². The van der Waals surface area contributed by atoms with Gasteiger partial charge in [0.2, 0.25) is 21.8 Å². The number of rotatable bonds is 4. The Labute approximate surface area is 204 Å². The van der Waals surface area contributed by atoms with E-state index in [1.807, 2.05) is 12.1 Å². The Morgan fingerprint density at radius 1 is 0.800 bits per heavy atom. The van der Waals surface area contributed by atoms with Crippen molar-refractivity contribution < 1.29 is 22.8 Å². The summed E-state index contributed by atoms with van der Waals surface area (Å²) in [6.07, 6.45) is 4.45. The molecule has 0 atom stereocenters. The molecule has 9 nitrogen and oxygen atoms in total. The summed E-state index contributed by atoms with van der Waals surface area (Å²) in [5.41, 5.74) is 5.82. The van der Waals surface area contributed by atoms with Crippen LogP contribution in [0, 0.1) is 0 Å². The van der Waals surface area contributed by atoms with E-state index in [2.05, 4.69) is 5.43 Å². The van der Waals surface area contributed by atoms with Crippen LogP contribution < -0.4 is 10.4 Å². The molecule has 0 unspecified atom stereocenters. The second kappa shape index (κ2) is 9.43. The van der Waals surface area contributed by atoms with Crippen LogP contribution in [-0.2, 0) is 32.5 Å². The van der Waals surface area contributed by atoms with E-state index >= 15 is 0 Å². The highest BCUT2D eigenvalue weighted by Gasteiger charge is 2.31. The van der Waals surface area contributed by atoms with Crippen molar-refractivity contribution in [2.24, 2.45) is 0 Å². The Morgan fingerprint density at radius 3 is 2.20 bits per heavy atom. The van der Waals surface area contributed by atoms with Crippen molar-refractivity contribution in [1.29, 1.82) is 0 Å². The maximum Gasteiger partial charge on any atom is 0.253 e. The first-order valence-electron chi connectivity index (χ1n) is 12.0. The Kier molecular flexibility index (Phi) is 6.33. The average Bonchev–Trinajstić information content (AvgIpc) is 2.89. The summed E-state index contributed by atoms with van der Waals surface area (Å²) in [6.45, 7) is 1.06. The predicted octanol–water partition coefficient (Wildman–Crippen LogP) is 1.87. The van der Waals surface area contributed by atoms with Gasteiger partial charge in [0, 0.05) is 44.6 Å². The Morgan fingerprint density at radius 2 is 1.49 bits per heavy atom. The van der Waals surface area contributed by atoms with Gasteiger partial charge in [0.25, 0.3) is 5.91 Å². The maximum atomic E-state index is 13.2. The van der Waals surface area contributed by atoms with E-state index in [4.69, 9.17) is 0 Å². The van der Waals surface area contributed by atoms with E-state index in [-0.39, 0.29) is 43.7 Å². The largest absolute Gasteiger partial charge is 0.336 e. The highest BCUT2D eigenvalue weighted by atomic mass is 32.2. The smallest absolute Gasteiger partial charge is 0.253 e. The molecule has 35 heavy (non-hydrogen) atoms. The van der Waals surface area contributed by atoms with Crippen molar-refractivity contribution in [3.63, 3.8) is 0 Å². The SMILES string of the molecule is O=C1CCC(=O)N(c2ccc(C(=O)N3CCN(S(=O)(=O)c4ccc5c(c4)CCCC5)CC3)cc2)N1. The van der Waals surface area contributed by atoms with Crippen LogP contribution in [0.2, 0.25) is 0 Å². The second-order valence-corrected chi connectivity index (χ2v) is 11.1.